The van der Waals surface area contributed by atoms with Crippen molar-refractivity contribution in [3.63, 3.8) is 0 Å². The normalized spacial score (nSPS) is 25.0. The van der Waals surface area contributed by atoms with E-state index in [1.807, 2.05) is 6.92 Å². The van der Waals surface area contributed by atoms with E-state index in [2.05, 4.69) is 0 Å². The summed E-state index contributed by atoms with van der Waals surface area (Å²) < 4.78 is 6.06. The van der Waals surface area contributed by atoms with Crippen molar-refractivity contribution in [2.75, 3.05) is 0 Å². The molecule has 0 amide bonds. The van der Waals surface area contributed by atoms with E-state index >= 15 is 0 Å². The molecule has 2 aliphatic carbocycles. The number of ketones is 3. The molecule has 0 bridgehead atoms. The van der Waals surface area contributed by atoms with Crippen molar-refractivity contribution in [2.24, 2.45) is 0 Å². The highest BCUT2D eigenvalue weighted by molar-refractivity contribution is 6.32. The minimum atomic E-state index is -1.54. The van der Waals surface area contributed by atoms with Gasteiger partial charge in [-0.15, -0.1) is 0 Å². The summed E-state index contributed by atoms with van der Waals surface area (Å²) >= 11 is 0. The molecule has 0 saturated carbocycles. The van der Waals surface area contributed by atoms with Gasteiger partial charge in [-0.2, -0.15) is 0 Å². The van der Waals surface area contributed by atoms with Crippen LogP contribution in [0.5, 0.6) is 17.2 Å². The molecular weight excluding hydrogens is 592 g/mol. The van der Waals surface area contributed by atoms with Gasteiger partial charge in [-0.3, -0.25) is 14.4 Å². The summed E-state index contributed by atoms with van der Waals surface area (Å²) in [5.74, 6) is -4.17. The van der Waals surface area contributed by atoms with Crippen LogP contribution in [0.1, 0.15) is 82.9 Å². The van der Waals surface area contributed by atoms with Crippen LogP contribution in [0, 0.1) is 13.8 Å². The van der Waals surface area contributed by atoms with Gasteiger partial charge in [-0.1, -0.05) is 48.0 Å². The van der Waals surface area contributed by atoms with E-state index in [9.17, 15) is 45.0 Å². The lowest BCUT2D eigenvalue weighted by Gasteiger charge is -2.44. The first-order valence-corrected chi connectivity index (χ1v) is 14.8. The average molecular weight is 623 g/mol. The summed E-state index contributed by atoms with van der Waals surface area (Å²) in [7, 11) is 0. The molecule has 3 aliphatic rings. The Morgan fingerprint density at radius 2 is 1.30 bits per heavy atom. The summed E-state index contributed by atoms with van der Waals surface area (Å²) in [6, 6.07) is 13.6. The first-order valence-electron chi connectivity index (χ1n) is 14.8. The Kier molecular flexibility index (Phi) is 6.70. The Balaban J connectivity index is 1.47. The Morgan fingerprint density at radius 3 is 2.04 bits per heavy atom. The Bertz CT molecular complexity index is 2030. The second-order valence-electron chi connectivity index (χ2n) is 12.3. The maximum atomic E-state index is 14.1. The second-order valence-corrected chi connectivity index (χ2v) is 12.3. The lowest BCUT2D eigenvalue weighted by Crippen LogP contribution is -2.58. The standard InChI is InChI=1S/C36H30O10/c1-13-7-8-16-20(11-13)24(36-35(45)34(44)29(39)15(3)46-36)17-9-10-19(31(41)26(17)30(16)40)23-14(2)12-22(38)27-28(23)32(42)18-5-4-6-21(37)25(18)33(27)43/h4-12,15,24,29,34-39,41,44-45H,1-3H3. The van der Waals surface area contributed by atoms with Crippen molar-refractivity contribution >= 4 is 17.3 Å². The molecule has 7 rings (SSSR count). The third kappa shape index (κ3) is 4.01. The summed E-state index contributed by atoms with van der Waals surface area (Å²) in [5.41, 5.74) is 1.45. The van der Waals surface area contributed by atoms with Crippen LogP contribution in [0.2, 0.25) is 0 Å². The van der Waals surface area contributed by atoms with Crippen LogP contribution in [0.4, 0.5) is 0 Å². The van der Waals surface area contributed by atoms with E-state index in [1.165, 1.54) is 30.3 Å². The number of hydrogen-bond donors (Lipinski definition) is 6. The van der Waals surface area contributed by atoms with Crippen LogP contribution in [0.3, 0.4) is 0 Å². The van der Waals surface area contributed by atoms with E-state index < -0.39 is 71.0 Å². The van der Waals surface area contributed by atoms with Gasteiger partial charge in [0, 0.05) is 33.7 Å². The molecule has 1 saturated heterocycles. The Hall–Kier alpha value is -4.87. The van der Waals surface area contributed by atoms with Crippen LogP contribution in [-0.2, 0) is 4.74 Å². The molecule has 10 nitrogen and oxygen atoms in total. The zero-order chi connectivity index (χ0) is 32.9. The fourth-order valence-electron chi connectivity index (χ4n) is 7.30. The van der Waals surface area contributed by atoms with Gasteiger partial charge in [-0.05, 0) is 49.6 Å². The maximum absolute atomic E-state index is 14.1. The van der Waals surface area contributed by atoms with Crippen molar-refractivity contribution in [3.05, 3.63) is 110 Å². The third-order valence-electron chi connectivity index (χ3n) is 9.52. The highest BCUT2D eigenvalue weighted by Gasteiger charge is 2.49. The van der Waals surface area contributed by atoms with E-state index in [0.717, 1.165) is 5.56 Å². The molecule has 234 valence electrons. The van der Waals surface area contributed by atoms with Crippen LogP contribution in [0.15, 0.2) is 54.6 Å². The molecule has 46 heavy (non-hydrogen) atoms. The second kappa shape index (κ2) is 10.3. The molecule has 1 heterocycles. The van der Waals surface area contributed by atoms with Crippen LogP contribution in [0.25, 0.3) is 11.1 Å². The summed E-state index contributed by atoms with van der Waals surface area (Å²) in [4.78, 5) is 41.6. The van der Waals surface area contributed by atoms with Crippen molar-refractivity contribution in [2.45, 2.75) is 57.2 Å². The molecule has 4 aromatic rings. The molecular formula is C36H30O10. The van der Waals surface area contributed by atoms with Gasteiger partial charge in [0.1, 0.15) is 35.6 Å². The quantitative estimate of drug-likeness (QED) is 0.171. The van der Waals surface area contributed by atoms with Gasteiger partial charge in [0.2, 0.25) is 5.78 Å². The highest BCUT2D eigenvalue weighted by Crippen LogP contribution is 2.50. The van der Waals surface area contributed by atoms with Crippen molar-refractivity contribution in [1.82, 2.24) is 0 Å². The van der Waals surface area contributed by atoms with Crippen LogP contribution < -0.4 is 0 Å². The molecule has 6 N–H and O–H groups in total. The number of benzene rings is 4. The molecule has 0 aromatic heterocycles. The molecule has 1 fully saturated rings. The monoisotopic (exact) mass is 622 g/mol. The molecule has 0 spiro atoms. The summed E-state index contributed by atoms with van der Waals surface area (Å²) in [6.45, 7) is 4.99. The van der Waals surface area contributed by atoms with Gasteiger partial charge in [0.15, 0.2) is 11.6 Å². The van der Waals surface area contributed by atoms with Gasteiger partial charge in [0.25, 0.3) is 0 Å². The first-order chi connectivity index (χ1) is 21.8. The van der Waals surface area contributed by atoms with Gasteiger partial charge in [0.05, 0.1) is 28.9 Å². The number of ether oxygens (including phenoxy) is 1. The van der Waals surface area contributed by atoms with E-state index in [0.29, 0.717) is 16.7 Å². The molecule has 10 heteroatoms. The van der Waals surface area contributed by atoms with Crippen molar-refractivity contribution in [1.29, 1.82) is 0 Å². The number of hydrogen-bond acceptors (Lipinski definition) is 10. The predicted octanol–water partition coefficient (Wildman–Crippen LogP) is 3.41. The minimum Gasteiger partial charge on any atom is -0.507 e. The Morgan fingerprint density at radius 1 is 0.609 bits per heavy atom. The maximum Gasteiger partial charge on any atom is 0.201 e. The zero-order valence-electron chi connectivity index (χ0n) is 25.0. The van der Waals surface area contributed by atoms with Crippen molar-refractivity contribution in [3.8, 4) is 28.4 Å². The van der Waals surface area contributed by atoms with E-state index in [-0.39, 0.29) is 44.5 Å². The lowest BCUT2D eigenvalue weighted by atomic mass is 9.70. The number of aromatic hydroxyl groups is 3. The molecule has 6 unspecified atom stereocenters. The number of carbonyl (C=O) groups excluding carboxylic acids is 3. The van der Waals surface area contributed by atoms with E-state index in [4.69, 9.17) is 4.74 Å². The SMILES string of the molecule is Cc1ccc2c(c1)C(C1OC(C)C(O)C(O)C1O)c1ccc(-c3c(C)cc(O)c4c3C(=O)c3cccc(O)c3C4=O)c(O)c1C2=O. The van der Waals surface area contributed by atoms with Crippen LogP contribution >= 0.6 is 0 Å². The van der Waals surface area contributed by atoms with Crippen LogP contribution in [-0.4, -0.2) is 78.5 Å². The Labute approximate surface area is 262 Å². The van der Waals surface area contributed by atoms with Gasteiger partial charge in [-0.25, -0.2) is 0 Å². The first kappa shape index (κ1) is 29.8. The number of fused-ring (bicyclic) bond motifs is 4. The molecule has 4 aromatic carbocycles. The number of rotatable bonds is 2. The summed E-state index contributed by atoms with van der Waals surface area (Å²) in [6.07, 6.45) is -6.40. The molecule has 0 radical (unpaired) electrons. The van der Waals surface area contributed by atoms with Gasteiger partial charge < -0.3 is 35.4 Å². The topological polar surface area (TPSA) is 182 Å². The smallest absolute Gasteiger partial charge is 0.201 e. The number of aliphatic hydroxyl groups excluding tert-OH is 3. The van der Waals surface area contributed by atoms with Crippen molar-refractivity contribution < 1.29 is 49.8 Å². The number of aliphatic hydroxyl groups is 3. The summed E-state index contributed by atoms with van der Waals surface area (Å²) in [5, 5.41) is 65.4. The zero-order valence-corrected chi connectivity index (χ0v) is 25.0. The number of aryl methyl sites for hydroxylation is 2. The molecule has 1 aliphatic heterocycles. The van der Waals surface area contributed by atoms with E-state index in [1.54, 1.807) is 38.1 Å². The molecule has 6 atom stereocenters. The number of carbonyl (C=O) groups is 3. The average Bonchev–Trinajstić information content (AvgIpc) is 3.01. The number of phenolic OH excluding ortho intramolecular Hbond substituents is 3. The minimum absolute atomic E-state index is 0.0499. The van der Waals surface area contributed by atoms with Gasteiger partial charge >= 0.3 is 0 Å². The predicted molar refractivity (Wildman–Crippen MR) is 164 cm³/mol. The third-order valence-corrected chi connectivity index (χ3v) is 9.52. The fraction of sp³-hybridized carbons (Fsp3) is 0.250. The fourth-order valence-corrected chi connectivity index (χ4v) is 7.30. The highest BCUT2D eigenvalue weighted by atomic mass is 16.5. The lowest BCUT2D eigenvalue weighted by molar-refractivity contribution is -0.220. The largest absolute Gasteiger partial charge is 0.507 e. The number of phenols is 3.